The molecule has 0 amide bonds. The normalized spacial score (nSPS) is 7.81. The number of halogens is 2. The molecule has 0 aliphatic carbocycles. The summed E-state index contributed by atoms with van der Waals surface area (Å²) >= 11 is 0. The molecule has 2 nitrogen and oxygen atoms in total. The number of carbonyl (C=O) groups is 1. The van der Waals surface area contributed by atoms with Crippen molar-refractivity contribution < 1.29 is 9.53 Å². The van der Waals surface area contributed by atoms with Crippen molar-refractivity contribution >= 4 is 30.8 Å². The summed E-state index contributed by atoms with van der Waals surface area (Å²) in [6.45, 7) is 7.13. The number of esters is 1. The third-order valence-corrected chi connectivity index (χ3v) is 1.34. The Kier molecular flexibility index (Phi) is 15.9. The largest absolute Gasteiger partial charge is 0.463 e. The van der Waals surface area contributed by atoms with Gasteiger partial charge in [-0.2, -0.15) is 0 Å². The Morgan fingerprint density at radius 1 is 1.12 bits per heavy atom. The highest BCUT2D eigenvalue weighted by atomic mass is 35.5. The first kappa shape index (κ1) is 20.7. The second-order valence-electron chi connectivity index (χ2n) is 3.31. The minimum atomic E-state index is -0.213. The van der Waals surface area contributed by atoms with E-state index >= 15 is 0 Å². The van der Waals surface area contributed by atoms with Crippen LogP contribution < -0.4 is 0 Å². The van der Waals surface area contributed by atoms with Gasteiger partial charge in [0.25, 0.3) is 0 Å². The lowest BCUT2D eigenvalue weighted by Gasteiger charge is -2.01. The molecule has 0 bridgehead atoms. The maximum Gasteiger partial charge on any atom is 0.302 e. The lowest BCUT2D eigenvalue weighted by atomic mass is 10.2. The van der Waals surface area contributed by atoms with Crippen LogP contribution in [0.2, 0.25) is 0 Å². The van der Waals surface area contributed by atoms with Crippen molar-refractivity contribution in [1.82, 2.24) is 0 Å². The molecule has 94 valence electrons. The Bertz CT molecular complexity index is 261. The minimum absolute atomic E-state index is 0. The smallest absolute Gasteiger partial charge is 0.302 e. The van der Waals surface area contributed by atoms with Gasteiger partial charge in [-0.15, -0.1) is 24.8 Å². The van der Waals surface area contributed by atoms with Crippen molar-refractivity contribution in [2.24, 2.45) is 0 Å². The third kappa shape index (κ3) is 15.7. The van der Waals surface area contributed by atoms with Gasteiger partial charge in [0.15, 0.2) is 0 Å². The monoisotopic (exact) mass is 266 g/mol. The van der Waals surface area contributed by atoms with E-state index in [1.807, 2.05) is 32.0 Å². The van der Waals surface area contributed by atoms with Crippen LogP contribution >= 0.6 is 24.8 Å². The molecule has 1 rings (SSSR count). The molecule has 0 radical (unpaired) electrons. The van der Waals surface area contributed by atoms with E-state index in [4.69, 9.17) is 0 Å². The Labute approximate surface area is 110 Å². The molecular weight excluding hydrogens is 247 g/mol. The first-order valence-electron chi connectivity index (χ1n) is 4.71. The maximum atomic E-state index is 10.0. The zero-order chi connectivity index (χ0) is 11.0. The van der Waals surface area contributed by atoms with E-state index in [9.17, 15) is 4.79 Å². The molecule has 0 N–H and O–H groups in total. The third-order valence-electron chi connectivity index (χ3n) is 1.34. The van der Waals surface area contributed by atoms with Crippen LogP contribution in [-0.2, 0) is 9.53 Å². The van der Waals surface area contributed by atoms with E-state index in [1.165, 1.54) is 12.5 Å². The molecule has 0 atom stereocenters. The predicted molar refractivity (Wildman–Crippen MR) is 72.6 cm³/mol. The van der Waals surface area contributed by atoms with Gasteiger partial charge < -0.3 is 4.74 Å². The van der Waals surface area contributed by atoms with Crippen molar-refractivity contribution in [3.63, 3.8) is 0 Å². The second kappa shape index (κ2) is 12.3. The fraction of sp³-hybridized carbons (Fsp3) is 0.417. The number of benzene rings is 1. The van der Waals surface area contributed by atoms with E-state index in [0.717, 1.165) is 0 Å². The number of rotatable bonds is 1. The highest BCUT2D eigenvalue weighted by Gasteiger charge is 1.93. The lowest BCUT2D eigenvalue weighted by molar-refractivity contribution is -0.144. The Morgan fingerprint density at radius 2 is 1.56 bits per heavy atom. The first-order chi connectivity index (χ1) is 6.52. The molecule has 1 aromatic carbocycles. The molecule has 16 heavy (non-hydrogen) atoms. The predicted octanol–water partition coefficient (Wildman–Crippen LogP) is 3.80. The molecule has 0 aliphatic rings. The van der Waals surface area contributed by atoms with Crippen LogP contribution in [0, 0.1) is 6.92 Å². The lowest BCUT2D eigenvalue weighted by Crippen LogP contribution is -2.06. The summed E-state index contributed by atoms with van der Waals surface area (Å²) in [4.78, 5) is 10.0. The highest BCUT2D eigenvalue weighted by molar-refractivity contribution is 5.85. The quantitative estimate of drug-likeness (QED) is 0.723. The summed E-state index contributed by atoms with van der Waals surface area (Å²) in [6.07, 6.45) is 0.0255. The van der Waals surface area contributed by atoms with Crippen LogP contribution in [0.3, 0.4) is 0 Å². The summed E-state index contributed by atoms with van der Waals surface area (Å²) in [5, 5.41) is 0. The van der Waals surface area contributed by atoms with Crippen molar-refractivity contribution in [3.8, 4) is 0 Å². The van der Waals surface area contributed by atoms with Crippen molar-refractivity contribution in [2.75, 3.05) is 0 Å². The van der Waals surface area contributed by atoms with Gasteiger partial charge in [-0.25, -0.2) is 0 Å². The molecular formula is C12H20Cl2O2. The molecule has 0 fully saturated rings. The molecule has 0 spiro atoms. The Balaban J connectivity index is -0.000000188. The van der Waals surface area contributed by atoms with E-state index in [1.54, 1.807) is 0 Å². The second-order valence-corrected chi connectivity index (χ2v) is 3.31. The van der Waals surface area contributed by atoms with E-state index in [0.29, 0.717) is 0 Å². The topological polar surface area (TPSA) is 26.3 Å². The number of hydrogen-bond donors (Lipinski definition) is 0. The van der Waals surface area contributed by atoms with Gasteiger partial charge in [0, 0.05) is 6.92 Å². The van der Waals surface area contributed by atoms with Gasteiger partial charge >= 0.3 is 5.97 Å². The summed E-state index contributed by atoms with van der Waals surface area (Å²) in [5.74, 6) is -0.213. The molecule has 0 heterocycles. The maximum absolute atomic E-state index is 10.0. The van der Waals surface area contributed by atoms with Crippen LogP contribution in [0.5, 0.6) is 0 Å². The number of hydrogen-bond acceptors (Lipinski definition) is 2. The average Bonchev–Trinajstić information content (AvgIpc) is 2.03. The summed E-state index contributed by atoms with van der Waals surface area (Å²) < 4.78 is 4.61. The zero-order valence-electron chi connectivity index (χ0n) is 10.1. The average molecular weight is 267 g/mol. The van der Waals surface area contributed by atoms with Crippen LogP contribution in [0.15, 0.2) is 30.3 Å². The molecule has 1 aromatic rings. The van der Waals surface area contributed by atoms with Crippen molar-refractivity contribution in [1.29, 1.82) is 0 Å². The number of ether oxygens (including phenoxy) is 1. The Morgan fingerprint density at radius 3 is 1.69 bits per heavy atom. The number of carbonyl (C=O) groups excluding carboxylic acids is 1. The molecule has 0 aromatic heterocycles. The van der Waals surface area contributed by atoms with E-state index in [2.05, 4.69) is 23.8 Å². The number of aryl methyl sites for hydroxylation is 1. The first-order valence-corrected chi connectivity index (χ1v) is 4.71. The van der Waals surface area contributed by atoms with Gasteiger partial charge in [-0.3, -0.25) is 4.79 Å². The SMILES string of the molecule is CC(=O)OC(C)C.Cc1ccccc1.Cl.Cl. The minimum Gasteiger partial charge on any atom is -0.463 e. The van der Waals surface area contributed by atoms with E-state index < -0.39 is 0 Å². The summed E-state index contributed by atoms with van der Waals surface area (Å²) in [6, 6.07) is 10.3. The van der Waals surface area contributed by atoms with Crippen molar-refractivity contribution in [3.05, 3.63) is 35.9 Å². The van der Waals surface area contributed by atoms with Crippen LogP contribution in [0.4, 0.5) is 0 Å². The van der Waals surface area contributed by atoms with Crippen LogP contribution in [0.25, 0.3) is 0 Å². The van der Waals surface area contributed by atoms with Gasteiger partial charge in [0.2, 0.25) is 0 Å². The van der Waals surface area contributed by atoms with E-state index in [-0.39, 0.29) is 36.9 Å². The van der Waals surface area contributed by atoms with Gasteiger partial charge in [0.1, 0.15) is 0 Å². The molecule has 4 heteroatoms. The zero-order valence-corrected chi connectivity index (χ0v) is 11.7. The molecule has 0 aliphatic heterocycles. The Hall–Kier alpha value is -0.730. The fourth-order valence-corrected chi connectivity index (χ4v) is 0.866. The highest BCUT2D eigenvalue weighted by Crippen LogP contribution is 1.92. The van der Waals surface area contributed by atoms with Gasteiger partial charge in [0.05, 0.1) is 6.10 Å². The molecule has 0 unspecified atom stereocenters. The van der Waals surface area contributed by atoms with Crippen LogP contribution in [0.1, 0.15) is 26.3 Å². The fourth-order valence-electron chi connectivity index (χ4n) is 0.866. The molecule has 0 saturated carbocycles. The van der Waals surface area contributed by atoms with Crippen molar-refractivity contribution in [2.45, 2.75) is 33.8 Å². The van der Waals surface area contributed by atoms with Gasteiger partial charge in [-0.05, 0) is 20.8 Å². The summed E-state index contributed by atoms with van der Waals surface area (Å²) in [5.41, 5.74) is 1.32. The standard InChI is InChI=1S/C7H8.C5H10O2.2ClH/c1-7-5-3-2-4-6-7;1-4(2)7-5(3)6;;/h2-6H,1H3;4H,1-3H3;2*1H. The molecule has 0 saturated heterocycles. The van der Waals surface area contributed by atoms with Crippen LogP contribution in [-0.4, -0.2) is 12.1 Å². The van der Waals surface area contributed by atoms with Gasteiger partial charge in [-0.1, -0.05) is 35.9 Å². The summed E-state index contributed by atoms with van der Waals surface area (Å²) in [7, 11) is 0.